The van der Waals surface area contributed by atoms with Crippen LogP contribution in [0.3, 0.4) is 0 Å². The van der Waals surface area contributed by atoms with Crippen LogP contribution in [0.4, 0.5) is 19.3 Å². The lowest BCUT2D eigenvalue weighted by Gasteiger charge is -2.39. The minimum Gasteiger partial charge on any atom is -0.491 e. The van der Waals surface area contributed by atoms with Crippen LogP contribution in [0.5, 0.6) is 5.75 Å². The largest absolute Gasteiger partial charge is 0.491 e. The number of fused-ring (bicyclic) bond motifs is 1. The van der Waals surface area contributed by atoms with E-state index in [1.54, 1.807) is 30.3 Å². The molecule has 7 nitrogen and oxygen atoms in total. The Morgan fingerprint density at radius 2 is 1.77 bits per heavy atom. The van der Waals surface area contributed by atoms with E-state index < -0.39 is 35.5 Å². The van der Waals surface area contributed by atoms with Crippen LogP contribution in [0.2, 0.25) is 0 Å². The first kappa shape index (κ1) is 29.5. The zero-order chi connectivity index (χ0) is 29.0. The predicted octanol–water partition coefficient (Wildman–Crippen LogP) is 5.80. The molecule has 0 spiro atoms. The summed E-state index contributed by atoms with van der Waals surface area (Å²) in [6.07, 6.45) is -2.66. The lowest BCUT2D eigenvalue weighted by molar-refractivity contribution is -0.0486. The molecule has 0 radical (unpaired) electrons. The lowest BCUT2D eigenvalue weighted by Crippen LogP contribution is -2.52. The number of nitrogens with zero attached hydrogens (tertiary/aromatic N) is 1. The normalized spacial score (nSPS) is 17.6. The van der Waals surface area contributed by atoms with Crippen molar-refractivity contribution in [3.8, 4) is 5.75 Å². The Morgan fingerprint density at radius 1 is 1.10 bits per heavy atom. The van der Waals surface area contributed by atoms with Gasteiger partial charge in [-0.15, -0.1) is 0 Å². The maximum absolute atomic E-state index is 14.0. The molecule has 3 N–H and O–H groups in total. The molecule has 40 heavy (non-hydrogen) atoms. The van der Waals surface area contributed by atoms with Crippen molar-refractivity contribution in [1.82, 2.24) is 5.32 Å². The summed E-state index contributed by atoms with van der Waals surface area (Å²) in [5.41, 5.74) is 1.97. The second-order valence-electron chi connectivity index (χ2n) is 10.8. The molecular weight excluding hydrogens is 518 g/mol. The van der Waals surface area contributed by atoms with E-state index in [1.165, 1.54) is 0 Å². The number of rotatable bonds is 10. The highest BCUT2D eigenvalue weighted by Gasteiger charge is 2.36. The number of aliphatic hydroxyl groups excluding tert-OH is 1. The van der Waals surface area contributed by atoms with Gasteiger partial charge in [0.15, 0.2) is 0 Å². The Labute approximate surface area is 233 Å². The summed E-state index contributed by atoms with van der Waals surface area (Å²) >= 11 is 0. The topological polar surface area (TPSA) is 91.3 Å². The van der Waals surface area contributed by atoms with Crippen LogP contribution >= 0.6 is 0 Å². The van der Waals surface area contributed by atoms with E-state index in [9.17, 15) is 23.8 Å². The molecule has 0 saturated heterocycles. The molecule has 0 fully saturated rings. The Balaban J connectivity index is 1.62. The van der Waals surface area contributed by atoms with Gasteiger partial charge in [-0.25, -0.2) is 13.6 Å². The molecule has 3 aromatic carbocycles. The molecule has 1 heterocycles. The quantitative estimate of drug-likeness (QED) is 0.293. The summed E-state index contributed by atoms with van der Waals surface area (Å²) < 4.78 is 40.0. The number of anilines is 1. The highest BCUT2D eigenvalue weighted by atomic mass is 19.1. The summed E-state index contributed by atoms with van der Waals surface area (Å²) in [4.78, 5) is 13.5. The van der Waals surface area contributed by atoms with Crippen molar-refractivity contribution in [3.63, 3.8) is 0 Å². The van der Waals surface area contributed by atoms with Gasteiger partial charge in [-0.1, -0.05) is 24.3 Å². The van der Waals surface area contributed by atoms with Gasteiger partial charge in [-0.05, 0) is 87.2 Å². The third kappa shape index (κ3) is 6.96. The highest BCUT2D eigenvalue weighted by Crippen LogP contribution is 2.39. The number of carboxylic acid groups (broad SMARTS) is 1. The first-order chi connectivity index (χ1) is 18.9. The molecule has 0 saturated carbocycles. The monoisotopic (exact) mass is 554 g/mol. The van der Waals surface area contributed by atoms with Gasteiger partial charge in [0.1, 0.15) is 17.4 Å². The number of ether oxygens (including phenoxy) is 2. The van der Waals surface area contributed by atoms with Crippen molar-refractivity contribution in [2.75, 3.05) is 18.1 Å². The Kier molecular flexibility index (Phi) is 9.08. The summed E-state index contributed by atoms with van der Waals surface area (Å²) in [6, 6.07) is 15.8. The summed E-state index contributed by atoms with van der Waals surface area (Å²) in [7, 11) is 0. The third-order valence-electron chi connectivity index (χ3n) is 6.99. The maximum atomic E-state index is 14.0. The number of hydrogen-bond acceptors (Lipinski definition) is 5. The van der Waals surface area contributed by atoms with Crippen molar-refractivity contribution >= 4 is 11.8 Å². The summed E-state index contributed by atoms with van der Waals surface area (Å²) in [6.45, 7) is 8.17. The molecule has 1 unspecified atom stereocenters. The molecule has 0 aromatic heterocycles. The first-order valence-electron chi connectivity index (χ1n) is 13.3. The van der Waals surface area contributed by atoms with Crippen molar-refractivity contribution in [2.45, 2.75) is 64.0 Å². The van der Waals surface area contributed by atoms with Crippen LogP contribution in [-0.4, -0.2) is 47.7 Å². The number of hydrogen-bond donors (Lipinski definition) is 3. The van der Waals surface area contributed by atoms with Crippen molar-refractivity contribution in [3.05, 3.63) is 95.1 Å². The van der Waals surface area contributed by atoms with Gasteiger partial charge >= 0.3 is 6.09 Å². The molecule has 1 aliphatic rings. The van der Waals surface area contributed by atoms with E-state index >= 15 is 0 Å². The number of halogens is 2. The molecular formula is C31H36F2N2O5. The van der Waals surface area contributed by atoms with E-state index in [0.717, 1.165) is 34.2 Å². The molecule has 4 rings (SSSR count). The predicted molar refractivity (Wildman–Crippen MR) is 149 cm³/mol. The van der Waals surface area contributed by atoms with Gasteiger partial charge < -0.3 is 25.0 Å². The van der Waals surface area contributed by atoms with Gasteiger partial charge in [0.2, 0.25) is 0 Å². The zero-order valence-corrected chi connectivity index (χ0v) is 23.1. The first-order valence-corrected chi connectivity index (χ1v) is 13.3. The van der Waals surface area contributed by atoms with Gasteiger partial charge in [-0.3, -0.25) is 4.90 Å². The Hall–Kier alpha value is -3.53. The summed E-state index contributed by atoms with van der Waals surface area (Å²) in [5, 5.41) is 24.9. The fourth-order valence-corrected chi connectivity index (χ4v) is 5.15. The molecule has 1 amide bonds. The van der Waals surface area contributed by atoms with Crippen LogP contribution in [0, 0.1) is 11.6 Å². The van der Waals surface area contributed by atoms with Crippen molar-refractivity contribution in [2.24, 2.45) is 0 Å². The van der Waals surface area contributed by atoms with E-state index in [-0.39, 0.29) is 30.7 Å². The van der Waals surface area contributed by atoms with E-state index in [2.05, 4.69) is 5.32 Å². The van der Waals surface area contributed by atoms with E-state index in [4.69, 9.17) is 9.47 Å². The number of aliphatic hydroxyl groups is 1. The fourth-order valence-electron chi connectivity index (χ4n) is 5.15. The highest BCUT2D eigenvalue weighted by molar-refractivity contribution is 5.87. The number of benzene rings is 3. The minimum absolute atomic E-state index is 0.00691. The van der Waals surface area contributed by atoms with Crippen LogP contribution in [0.1, 0.15) is 50.4 Å². The van der Waals surface area contributed by atoms with Gasteiger partial charge in [0.05, 0.1) is 36.5 Å². The van der Waals surface area contributed by atoms with Crippen LogP contribution in [0.15, 0.2) is 66.7 Å². The number of nitrogens with one attached hydrogen (secondary N) is 1. The van der Waals surface area contributed by atoms with E-state index in [1.807, 2.05) is 45.9 Å². The molecule has 0 bridgehead atoms. The molecule has 214 valence electrons. The Bertz CT molecular complexity index is 1300. The average Bonchev–Trinajstić information content (AvgIpc) is 2.87. The van der Waals surface area contributed by atoms with Gasteiger partial charge in [0, 0.05) is 18.3 Å². The second kappa shape index (κ2) is 12.3. The van der Waals surface area contributed by atoms with Crippen LogP contribution < -0.4 is 15.0 Å². The standard InChI is InChI=1S/C31H36F2N2O5/c1-19(2)40-24-10-11-26-25(16-24)27(18-39-31(26,3)4)34-17-29(36)28(14-20-12-21(32)15-22(33)13-20)35(30(37)38)23-8-6-5-7-9-23/h5-13,15-16,19,27-29,34,36H,14,17-18H2,1-4H3,(H,37,38)/t27?,28-,29+/m1/s1. The SMILES string of the molecule is CC(C)Oc1ccc2c(c1)C(NC[C@H](O)[C@@H](Cc1cc(F)cc(F)c1)N(C(=O)O)c1ccccc1)COC2(C)C. The van der Waals surface area contributed by atoms with Gasteiger partial charge in [0.25, 0.3) is 0 Å². The van der Waals surface area contributed by atoms with Crippen LogP contribution in [-0.2, 0) is 16.8 Å². The van der Waals surface area contributed by atoms with E-state index in [0.29, 0.717) is 18.0 Å². The van der Waals surface area contributed by atoms with Crippen LogP contribution in [0.25, 0.3) is 0 Å². The fraction of sp³-hybridized carbons (Fsp3) is 0.387. The lowest BCUT2D eigenvalue weighted by atomic mass is 9.86. The number of para-hydroxylation sites is 1. The van der Waals surface area contributed by atoms with Crippen molar-refractivity contribution in [1.29, 1.82) is 0 Å². The molecule has 3 aromatic rings. The number of carbonyl (C=O) groups is 1. The maximum Gasteiger partial charge on any atom is 0.412 e. The van der Waals surface area contributed by atoms with Crippen molar-refractivity contribution < 1.29 is 33.3 Å². The summed E-state index contributed by atoms with van der Waals surface area (Å²) in [5.74, 6) is -0.840. The van der Waals surface area contributed by atoms with Gasteiger partial charge in [-0.2, -0.15) is 0 Å². The molecule has 0 aliphatic carbocycles. The Morgan fingerprint density at radius 3 is 2.40 bits per heavy atom. The average molecular weight is 555 g/mol. The third-order valence-corrected chi connectivity index (χ3v) is 6.99. The minimum atomic E-state index is -1.30. The smallest absolute Gasteiger partial charge is 0.412 e. The second-order valence-corrected chi connectivity index (χ2v) is 10.8. The zero-order valence-electron chi connectivity index (χ0n) is 23.1. The molecule has 3 atom stereocenters. The molecule has 1 aliphatic heterocycles. The molecule has 9 heteroatoms. The number of amides is 1.